The molecule has 4 aliphatic carbocycles. The van der Waals surface area contributed by atoms with Gasteiger partial charge in [-0.05, 0) is 56.2 Å². The molecule has 5 rings (SSSR count). The molecule has 0 saturated heterocycles. The molecule has 1 heterocycles. The first kappa shape index (κ1) is 20.8. The van der Waals surface area contributed by atoms with Crippen molar-refractivity contribution in [2.75, 3.05) is 0 Å². The maximum absolute atomic E-state index is 10.0. The average Bonchev–Trinajstić information content (AvgIpc) is 2.62. The van der Waals surface area contributed by atoms with Crippen LogP contribution in [-0.4, -0.2) is 15.9 Å². The van der Waals surface area contributed by atoms with Gasteiger partial charge in [-0.15, -0.1) is 6.08 Å². The molecule has 1 aromatic rings. The number of pyridine rings is 1. The average molecular weight is 532 g/mol. The SMILES string of the molecule is CC(=O)C=C(C)O.[C-]1=CC2C3CCC(CC3)C2C=C1c1ccccn1.[Pt]. The molecule has 0 spiro atoms. The fraction of sp³-hybridized carbons (Fsp3) is 0.455. The first-order chi connectivity index (χ1) is 12.0. The number of aliphatic hydroxyl groups is 1. The summed E-state index contributed by atoms with van der Waals surface area (Å²) in [6.45, 7) is 2.85. The number of ketones is 1. The Balaban J connectivity index is 0.000000265. The Hall–Kier alpha value is -1.47. The fourth-order valence-electron chi connectivity index (χ4n) is 4.44. The molecule has 3 fully saturated rings. The third kappa shape index (κ3) is 5.04. The van der Waals surface area contributed by atoms with Crippen molar-refractivity contribution in [2.45, 2.75) is 39.5 Å². The Labute approximate surface area is 170 Å². The minimum absolute atomic E-state index is 0. The first-order valence-corrected chi connectivity index (χ1v) is 9.15. The van der Waals surface area contributed by atoms with Crippen molar-refractivity contribution < 1.29 is 31.0 Å². The van der Waals surface area contributed by atoms with Crippen molar-refractivity contribution in [3.8, 4) is 0 Å². The van der Waals surface area contributed by atoms with Crippen LogP contribution in [0.2, 0.25) is 0 Å². The summed E-state index contributed by atoms with van der Waals surface area (Å²) in [6.07, 6.45) is 17.1. The summed E-state index contributed by atoms with van der Waals surface area (Å²) in [7, 11) is 0. The van der Waals surface area contributed by atoms with E-state index in [1.165, 1.54) is 51.2 Å². The summed E-state index contributed by atoms with van der Waals surface area (Å²) >= 11 is 0. The van der Waals surface area contributed by atoms with E-state index in [9.17, 15) is 4.79 Å². The summed E-state index contributed by atoms with van der Waals surface area (Å²) in [5.41, 5.74) is 2.29. The summed E-state index contributed by atoms with van der Waals surface area (Å²) in [5, 5.41) is 8.36. The molecule has 26 heavy (non-hydrogen) atoms. The molecule has 2 unspecified atom stereocenters. The van der Waals surface area contributed by atoms with Crippen molar-refractivity contribution in [1.29, 1.82) is 0 Å². The number of nitrogens with zero attached hydrogens (tertiary/aromatic N) is 1. The van der Waals surface area contributed by atoms with E-state index in [-0.39, 0.29) is 32.6 Å². The molecule has 4 heteroatoms. The largest absolute Gasteiger partial charge is 0.512 e. The molecule has 1 aromatic heterocycles. The Morgan fingerprint density at radius 2 is 1.81 bits per heavy atom. The van der Waals surface area contributed by atoms with E-state index < -0.39 is 0 Å². The van der Waals surface area contributed by atoms with Gasteiger partial charge in [0.15, 0.2) is 5.78 Å². The summed E-state index contributed by atoms with van der Waals surface area (Å²) in [4.78, 5) is 14.5. The molecule has 0 aliphatic heterocycles. The van der Waals surface area contributed by atoms with Gasteiger partial charge in [-0.3, -0.25) is 4.79 Å². The van der Waals surface area contributed by atoms with E-state index in [1.54, 1.807) is 0 Å². The number of carbonyl (C=O) groups is 1. The molecule has 1 N–H and O–H groups in total. The van der Waals surface area contributed by atoms with Gasteiger partial charge in [-0.25, -0.2) is 0 Å². The van der Waals surface area contributed by atoms with Crippen LogP contribution in [-0.2, 0) is 25.9 Å². The summed E-state index contributed by atoms with van der Waals surface area (Å²) in [6, 6.07) is 6.13. The quantitative estimate of drug-likeness (QED) is 0.335. The zero-order valence-corrected chi connectivity index (χ0v) is 17.6. The number of hydrogen-bond donors (Lipinski definition) is 1. The maximum Gasteiger partial charge on any atom is 0.155 e. The first-order valence-electron chi connectivity index (χ1n) is 9.15. The van der Waals surface area contributed by atoms with Crippen molar-refractivity contribution >= 4 is 11.4 Å². The fourth-order valence-corrected chi connectivity index (χ4v) is 4.44. The van der Waals surface area contributed by atoms with Crippen LogP contribution in [0.5, 0.6) is 0 Å². The number of aliphatic hydroxyl groups excluding tert-OH is 1. The van der Waals surface area contributed by atoms with E-state index in [4.69, 9.17) is 5.11 Å². The van der Waals surface area contributed by atoms with Crippen LogP contribution in [0.15, 0.2) is 48.4 Å². The Morgan fingerprint density at radius 1 is 1.15 bits per heavy atom. The van der Waals surface area contributed by atoms with Crippen LogP contribution >= 0.6 is 0 Å². The van der Waals surface area contributed by atoms with E-state index in [2.05, 4.69) is 35.3 Å². The molecule has 0 amide bonds. The van der Waals surface area contributed by atoms with Gasteiger partial charge in [0.1, 0.15) is 0 Å². The monoisotopic (exact) mass is 531 g/mol. The maximum atomic E-state index is 10.0. The van der Waals surface area contributed by atoms with Crippen LogP contribution in [0.3, 0.4) is 0 Å². The van der Waals surface area contributed by atoms with Gasteiger partial charge in [-0.1, -0.05) is 30.9 Å². The number of carbonyl (C=O) groups excluding carboxylic acids is 1. The van der Waals surface area contributed by atoms with Crippen molar-refractivity contribution in [2.24, 2.45) is 23.7 Å². The van der Waals surface area contributed by atoms with Gasteiger partial charge in [0, 0.05) is 33.3 Å². The molecule has 0 aromatic carbocycles. The second-order valence-electron chi connectivity index (χ2n) is 7.33. The van der Waals surface area contributed by atoms with Gasteiger partial charge >= 0.3 is 0 Å². The van der Waals surface area contributed by atoms with Gasteiger partial charge in [0.25, 0.3) is 0 Å². The number of fused-ring (bicyclic) bond motifs is 2. The summed E-state index contributed by atoms with van der Waals surface area (Å²) < 4.78 is 0. The Kier molecular flexibility index (Phi) is 7.58. The van der Waals surface area contributed by atoms with Crippen LogP contribution in [0, 0.1) is 29.7 Å². The minimum Gasteiger partial charge on any atom is -0.512 e. The molecule has 2 atom stereocenters. The van der Waals surface area contributed by atoms with Crippen LogP contribution in [0.1, 0.15) is 45.2 Å². The number of hydrogen-bond acceptors (Lipinski definition) is 3. The van der Waals surface area contributed by atoms with E-state index >= 15 is 0 Å². The van der Waals surface area contributed by atoms with E-state index in [0.717, 1.165) is 29.4 Å². The number of rotatable bonds is 2. The Morgan fingerprint density at radius 3 is 2.31 bits per heavy atom. The molecular formula is C22H26NO2Pt-. The molecule has 3 nitrogen and oxygen atoms in total. The smallest absolute Gasteiger partial charge is 0.155 e. The predicted molar refractivity (Wildman–Crippen MR) is 99.5 cm³/mol. The molecule has 4 aliphatic rings. The van der Waals surface area contributed by atoms with E-state index in [1.807, 2.05) is 12.3 Å². The second kappa shape index (κ2) is 9.46. The minimum atomic E-state index is -0.125. The zero-order chi connectivity index (χ0) is 17.8. The van der Waals surface area contributed by atoms with Gasteiger partial charge in [-0.2, -0.15) is 17.7 Å². The summed E-state index contributed by atoms with van der Waals surface area (Å²) in [5.74, 6) is 3.30. The third-order valence-electron chi connectivity index (χ3n) is 5.49. The third-order valence-corrected chi connectivity index (χ3v) is 5.49. The van der Waals surface area contributed by atoms with Crippen LogP contribution in [0.4, 0.5) is 0 Å². The van der Waals surface area contributed by atoms with Crippen LogP contribution < -0.4 is 0 Å². The van der Waals surface area contributed by atoms with Crippen molar-refractivity contribution in [3.05, 3.63) is 60.2 Å². The Bertz CT molecular complexity index is 696. The normalized spacial score (nSPS) is 28.8. The number of allylic oxidation sites excluding steroid dienone is 6. The molecule has 142 valence electrons. The van der Waals surface area contributed by atoms with Crippen LogP contribution in [0.25, 0.3) is 5.57 Å². The van der Waals surface area contributed by atoms with Crippen molar-refractivity contribution in [3.63, 3.8) is 0 Å². The van der Waals surface area contributed by atoms with E-state index in [0.29, 0.717) is 0 Å². The standard InChI is InChI=1S/C17H18N.C5H8O2.Pt/c1-2-10-18-17(3-1)14-8-9-15-12-4-6-13(7-5-12)16(15)11-14;1-4(6)3-5(2)7;/h1-3,9-13,15-16H,4-7H2;3,6H,1-2H3;/q-1;;. The van der Waals surface area contributed by atoms with Gasteiger partial charge < -0.3 is 10.1 Å². The van der Waals surface area contributed by atoms with Crippen molar-refractivity contribution in [1.82, 2.24) is 4.98 Å². The number of aromatic nitrogens is 1. The zero-order valence-electron chi connectivity index (χ0n) is 15.3. The van der Waals surface area contributed by atoms with Gasteiger partial charge in [0.05, 0.1) is 5.76 Å². The molecular weight excluding hydrogens is 505 g/mol. The van der Waals surface area contributed by atoms with Gasteiger partial charge in [0.2, 0.25) is 0 Å². The molecule has 0 radical (unpaired) electrons. The topological polar surface area (TPSA) is 50.2 Å². The molecule has 2 bridgehead atoms. The molecule has 3 saturated carbocycles. The predicted octanol–water partition coefficient (Wildman–Crippen LogP) is 4.93. The second-order valence-corrected chi connectivity index (χ2v) is 7.33.